The zero-order chi connectivity index (χ0) is 10.9. The molecule has 0 aromatic heterocycles. The summed E-state index contributed by atoms with van der Waals surface area (Å²) in [6, 6.07) is -0.254. The summed E-state index contributed by atoms with van der Waals surface area (Å²) in [5, 5.41) is 0. The van der Waals surface area contributed by atoms with Gasteiger partial charge in [0, 0.05) is 7.05 Å². The van der Waals surface area contributed by atoms with Crippen molar-refractivity contribution < 1.29 is 9.53 Å². The second-order valence-electron chi connectivity index (χ2n) is 4.03. The number of ether oxygens (including phenoxy) is 1. The second kappa shape index (κ2) is 3.59. The Morgan fingerprint density at radius 3 is 2.50 bits per heavy atom. The minimum Gasteiger partial charge on any atom is -0.464 e. The van der Waals surface area contributed by atoms with E-state index in [0.717, 1.165) is 5.84 Å². The van der Waals surface area contributed by atoms with Gasteiger partial charge >= 0.3 is 5.97 Å². The van der Waals surface area contributed by atoms with Crippen LogP contribution in [-0.4, -0.2) is 41.9 Å². The molecule has 0 spiro atoms. The third-order valence-electron chi connectivity index (χ3n) is 2.43. The van der Waals surface area contributed by atoms with Crippen LogP contribution in [0.2, 0.25) is 0 Å². The van der Waals surface area contributed by atoms with Crippen LogP contribution in [0.1, 0.15) is 27.7 Å². The molecule has 1 aliphatic rings. The Morgan fingerprint density at radius 2 is 2.14 bits per heavy atom. The smallest absolute Gasteiger partial charge is 0.328 e. The van der Waals surface area contributed by atoms with Crippen LogP contribution in [-0.2, 0) is 9.53 Å². The van der Waals surface area contributed by atoms with Gasteiger partial charge < -0.3 is 9.64 Å². The first-order valence-electron chi connectivity index (χ1n) is 4.90. The number of carbonyl (C=O) groups excluding carboxylic acids is 1. The number of rotatable bonds is 3. The van der Waals surface area contributed by atoms with Gasteiger partial charge in [0.15, 0.2) is 0 Å². The number of hydrogen-bond donors (Lipinski definition) is 0. The first-order chi connectivity index (χ1) is 6.40. The van der Waals surface area contributed by atoms with Gasteiger partial charge in [0.25, 0.3) is 0 Å². The molecule has 0 aliphatic carbocycles. The molecular weight excluding hydrogens is 180 g/mol. The van der Waals surface area contributed by atoms with Crippen molar-refractivity contribution in [2.24, 2.45) is 4.99 Å². The maximum atomic E-state index is 11.4. The molecule has 14 heavy (non-hydrogen) atoms. The lowest BCUT2D eigenvalue weighted by atomic mass is 10.1. The fourth-order valence-electron chi connectivity index (χ4n) is 1.35. The Bertz CT molecular complexity index is 271. The van der Waals surface area contributed by atoms with Crippen LogP contribution >= 0.6 is 0 Å². The number of likely N-dealkylation sites (N-methyl/N-ethyl adjacent to an activating group) is 1. The molecule has 1 atom stereocenters. The summed E-state index contributed by atoms with van der Waals surface area (Å²) in [5.41, 5.74) is -0.0878. The van der Waals surface area contributed by atoms with Gasteiger partial charge in [0.2, 0.25) is 0 Å². The molecule has 0 aromatic carbocycles. The van der Waals surface area contributed by atoms with Crippen LogP contribution in [0.3, 0.4) is 0 Å². The van der Waals surface area contributed by atoms with E-state index >= 15 is 0 Å². The Morgan fingerprint density at radius 1 is 1.64 bits per heavy atom. The molecule has 0 fully saturated rings. The van der Waals surface area contributed by atoms with Gasteiger partial charge in [0.1, 0.15) is 17.4 Å². The Labute approximate surface area is 84.9 Å². The van der Waals surface area contributed by atoms with Gasteiger partial charge in [-0.1, -0.05) is 0 Å². The van der Waals surface area contributed by atoms with Crippen molar-refractivity contribution in [3.05, 3.63) is 0 Å². The normalized spacial score (nSPS) is 19.6. The second-order valence-corrected chi connectivity index (χ2v) is 4.03. The summed E-state index contributed by atoms with van der Waals surface area (Å²) in [5.74, 6) is 0.776. The average molecular weight is 198 g/mol. The minimum absolute atomic E-state index is 0.0878. The number of esters is 1. The van der Waals surface area contributed by atoms with Crippen molar-refractivity contribution >= 4 is 11.8 Å². The fraction of sp³-hybridized carbons (Fsp3) is 0.800. The highest BCUT2D eigenvalue weighted by Gasteiger charge is 2.42. The molecule has 0 amide bonds. The van der Waals surface area contributed by atoms with E-state index < -0.39 is 0 Å². The first-order valence-corrected chi connectivity index (χ1v) is 4.90. The summed E-state index contributed by atoms with van der Waals surface area (Å²) >= 11 is 0. The Hall–Kier alpha value is -1.06. The van der Waals surface area contributed by atoms with Crippen LogP contribution in [0.15, 0.2) is 4.99 Å². The molecule has 0 N–H and O–H groups in total. The molecule has 80 valence electrons. The van der Waals surface area contributed by atoms with E-state index in [-0.39, 0.29) is 17.6 Å². The monoisotopic (exact) mass is 198 g/mol. The molecule has 0 saturated carbocycles. The lowest BCUT2D eigenvalue weighted by molar-refractivity contribution is -0.147. The van der Waals surface area contributed by atoms with E-state index in [1.807, 2.05) is 39.6 Å². The maximum absolute atomic E-state index is 11.4. The summed E-state index contributed by atoms with van der Waals surface area (Å²) in [4.78, 5) is 17.6. The van der Waals surface area contributed by atoms with Crippen LogP contribution in [0.5, 0.6) is 0 Å². The Balaban J connectivity index is 2.50. The van der Waals surface area contributed by atoms with E-state index in [1.165, 1.54) is 0 Å². The zero-order valence-corrected chi connectivity index (χ0v) is 9.50. The molecule has 0 bridgehead atoms. The Kier molecular flexibility index (Phi) is 2.83. The molecule has 0 unspecified atom stereocenters. The summed E-state index contributed by atoms with van der Waals surface area (Å²) in [6.45, 7) is 8.11. The third kappa shape index (κ3) is 2.05. The standard InChI is InChI=1S/C10H18N2O2/c1-6-14-8(13)7(2)12(5)9-10(3,4)11-9/h7H,6H2,1-5H3/t7-/m1/s1. The largest absolute Gasteiger partial charge is 0.464 e. The minimum atomic E-state index is -0.254. The molecule has 0 aromatic rings. The topological polar surface area (TPSA) is 41.9 Å². The number of aliphatic imine (C=N–C) groups is 1. The molecule has 1 aliphatic heterocycles. The van der Waals surface area contributed by atoms with E-state index in [2.05, 4.69) is 4.99 Å². The molecule has 4 heteroatoms. The van der Waals surface area contributed by atoms with Crippen LogP contribution in [0.25, 0.3) is 0 Å². The van der Waals surface area contributed by atoms with Crippen molar-refractivity contribution in [1.82, 2.24) is 4.90 Å². The molecule has 0 saturated heterocycles. The number of amidine groups is 1. The molecule has 1 heterocycles. The van der Waals surface area contributed by atoms with E-state index in [0.29, 0.717) is 6.61 Å². The summed E-state index contributed by atoms with van der Waals surface area (Å²) < 4.78 is 4.94. The van der Waals surface area contributed by atoms with Crippen LogP contribution in [0, 0.1) is 0 Å². The van der Waals surface area contributed by atoms with Gasteiger partial charge in [0.05, 0.1) is 6.61 Å². The van der Waals surface area contributed by atoms with E-state index in [9.17, 15) is 4.79 Å². The highest BCUT2D eigenvalue weighted by molar-refractivity contribution is 6.04. The lowest BCUT2D eigenvalue weighted by Gasteiger charge is -2.22. The molecular formula is C10H18N2O2. The van der Waals surface area contributed by atoms with Crippen LogP contribution in [0.4, 0.5) is 0 Å². The fourth-order valence-corrected chi connectivity index (χ4v) is 1.35. The molecule has 1 rings (SSSR count). The lowest BCUT2D eigenvalue weighted by Crippen LogP contribution is -2.41. The van der Waals surface area contributed by atoms with Gasteiger partial charge in [-0.3, -0.25) is 4.99 Å². The third-order valence-corrected chi connectivity index (χ3v) is 2.43. The number of nitrogens with zero attached hydrogens (tertiary/aromatic N) is 2. The van der Waals surface area contributed by atoms with Crippen molar-refractivity contribution in [2.75, 3.05) is 13.7 Å². The van der Waals surface area contributed by atoms with Gasteiger partial charge in [-0.25, -0.2) is 4.79 Å². The quantitative estimate of drug-likeness (QED) is 0.637. The van der Waals surface area contributed by atoms with Gasteiger partial charge in [-0.15, -0.1) is 0 Å². The SMILES string of the molecule is CCOC(=O)[C@@H](C)N(C)C1=NC1(C)C. The average Bonchev–Trinajstić information content (AvgIpc) is 2.73. The van der Waals surface area contributed by atoms with Crippen molar-refractivity contribution in [2.45, 2.75) is 39.3 Å². The van der Waals surface area contributed by atoms with Gasteiger partial charge in [-0.05, 0) is 27.7 Å². The summed E-state index contributed by atoms with van der Waals surface area (Å²) in [6.07, 6.45) is 0. The zero-order valence-electron chi connectivity index (χ0n) is 9.50. The predicted molar refractivity (Wildman–Crippen MR) is 55.4 cm³/mol. The molecule has 4 nitrogen and oxygen atoms in total. The van der Waals surface area contributed by atoms with Crippen molar-refractivity contribution in [3.63, 3.8) is 0 Å². The number of hydrogen-bond acceptors (Lipinski definition) is 4. The van der Waals surface area contributed by atoms with Gasteiger partial charge in [-0.2, -0.15) is 0 Å². The number of carbonyl (C=O) groups is 1. The van der Waals surface area contributed by atoms with Crippen molar-refractivity contribution in [1.29, 1.82) is 0 Å². The predicted octanol–water partition coefficient (Wildman–Crippen LogP) is 1.06. The summed E-state index contributed by atoms with van der Waals surface area (Å²) in [7, 11) is 1.87. The molecule has 0 radical (unpaired) electrons. The van der Waals surface area contributed by atoms with Crippen molar-refractivity contribution in [3.8, 4) is 0 Å². The van der Waals surface area contributed by atoms with Crippen LogP contribution < -0.4 is 0 Å². The highest BCUT2D eigenvalue weighted by Crippen LogP contribution is 2.29. The highest BCUT2D eigenvalue weighted by atomic mass is 16.5. The van der Waals surface area contributed by atoms with E-state index in [1.54, 1.807) is 0 Å². The first kappa shape index (κ1) is 11.0. The maximum Gasteiger partial charge on any atom is 0.328 e. The van der Waals surface area contributed by atoms with E-state index in [4.69, 9.17) is 4.74 Å².